The lowest BCUT2D eigenvalue weighted by Gasteiger charge is -2.40. The Balaban J connectivity index is 1.97. The molecule has 1 amide bonds. The first-order valence-corrected chi connectivity index (χ1v) is 6.24. The average molecular weight is 226 g/mol. The number of hydrogen-bond acceptors (Lipinski definition) is 3. The van der Waals surface area contributed by atoms with Gasteiger partial charge in [-0.1, -0.05) is 0 Å². The second-order valence-electron chi connectivity index (χ2n) is 5.65. The maximum atomic E-state index is 12.2. The van der Waals surface area contributed by atoms with Gasteiger partial charge in [-0.25, -0.2) is 0 Å². The third-order valence-electron chi connectivity index (χ3n) is 4.02. The van der Waals surface area contributed by atoms with E-state index in [2.05, 4.69) is 0 Å². The zero-order chi connectivity index (χ0) is 11.8. The van der Waals surface area contributed by atoms with Crippen molar-refractivity contribution < 1.29 is 9.90 Å². The van der Waals surface area contributed by atoms with E-state index >= 15 is 0 Å². The normalized spacial score (nSPS) is 34.1. The predicted molar refractivity (Wildman–Crippen MR) is 61.8 cm³/mol. The quantitative estimate of drug-likeness (QED) is 0.689. The van der Waals surface area contributed by atoms with Crippen LogP contribution in [0, 0.1) is 0 Å². The molecule has 3 N–H and O–H groups in total. The molecule has 0 spiro atoms. The summed E-state index contributed by atoms with van der Waals surface area (Å²) in [5, 5.41) is 9.96. The van der Waals surface area contributed by atoms with Crippen LogP contribution in [0.15, 0.2) is 0 Å². The fourth-order valence-electron chi connectivity index (χ4n) is 2.55. The molecule has 0 aromatic rings. The molecule has 0 bridgehead atoms. The molecule has 1 saturated carbocycles. The fourth-order valence-corrected chi connectivity index (χ4v) is 2.55. The number of carbonyl (C=O) groups excluding carboxylic acids is 1. The van der Waals surface area contributed by atoms with Crippen LogP contribution in [0.5, 0.6) is 0 Å². The third kappa shape index (κ3) is 2.23. The van der Waals surface area contributed by atoms with Crippen molar-refractivity contribution in [1.82, 2.24) is 4.90 Å². The monoisotopic (exact) mass is 226 g/mol. The Hall–Kier alpha value is -0.610. The van der Waals surface area contributed by atoms with Gasteiger partial charge in [-0.3, -0.25) is 4.79 Å². The zero-order valence-electron chi connectivity index (χ0n) is 10.0. The van der Waals surface area contributed by atoms with Crippen molar-refractivity contribution in [2.75, 3.05) is 13.1 Å². The van der Waals surface area contributed by atoms with Gasteiger partial charge in [0.2, 0.25) is 5.91 Å². The highest BCUT2D eigenvalue weighted by Crippen LogP contribution is 2.32. The van der Waals surface area contributed by atoms with Gasteiger partial charge in [0, 0.05) is 13.1 Å². The second-order valence-corrected chi connectivity index (χ2v) is 5.65. The summed E-state index contributed by atoms with van der Waals surface area (Å²) >= 11 is 0. The number of amides is 1. The molecule has 1 atom stereocenters. The lowest BCUT2D eigenvalue weighted by atomic mass is 9.76. The second kappa shape index (κ2) is 4.00. The van der Waals surface area contributed by atoms with E-state index in [1.54, 1.807) is 0 Å². The summed E-state index contributed by atoms with van der Waals surface area (Å²) in [5.74, 6) is 0.0939. The van der Waals surface area contributed by atoms with Crippen LogP contribution in [0.1, 0.15) is 45.4 Å². The Bertz CT molecular complexity index is 285. The molecule has 92 valence electrons. The minimum absolute atomic E-state index is 0.0939. The topological polar surface area (TPSA) is 66.6 Å². The molecule has 4 heteroatoms. The summed E-state index contributed by atoms with van der Waals surface area (Å²) in [6, 6.07) is 0. The van der Waals surface area contributed by atoms with Crippen LogP contribution >= 0.6 is 0 Å². The molecule has 4 nitrogen and oxygen atoms in total. The first-order valence-electron chi connectivity index (χ1n) is 6.24. The van der Waals surface area contributed by atoms with Crippen LogP contribution in [-0.2, 0) is 4.79 Å². The van der Waals surface area contributed by atoms with Gasteiger partial charge in [0.05, 0.1) is 11.1 Å². The van der Waals surface area contributed by atoms with Crippen molar-refractivity contribution in [3.05, 3.63) is 0 Å². The Morgan fingerprint density at radius 1 is 1.19 bits per heavy atom. The number of nitrogens with zero attached hydrogens (tertiary/aromatic N) is 1. The number of rotatable bonds is 1. The molecule has 2 rings (SSSR count). The molecule has 16 heavy (non-hydrogen) atoms. The molecule has 0 aromatic heterocycles. The molecule has 2 fully saturated rings. The lowest BCUT2D eigenvalue weighted by molar-refractivity contribution is -0.140. The van der Waals surface area contributed by atoms with Crippen LogP contribution in [0.25, 0.3) is 0 Å². The summed E-state index contributed by atoms with van der Waals surface area (Å²) in [6.45, 7) is 3.24. The Morgan fingerprint density at radius 2 is 1.88 bits per heavy atom. The summed E-state index contributed by atoms with van der Waals surface area (Å²) in [6.07, 6.45) is 5.00. The van der Waals surface area contributed by atoms with E-state index in [1.807, 2.05) is 11.8 Å². The van der Waals surface area contributed by atoms with E-state index < -0.39 is 11.1 Å². The molecule has 0 radical (unpaired) electrons. The van der Waals surface area contributed by atoms with Crippen LogP contribution in [0.4, 0.5) is 0 Å². The van der Waals surface area contributed by atoms with Crippen molar-refractivity contribution in [2.24, 2.45) is 5.73 Å². The smallest absolute Gasteiger partial charge is 0.242 e. The first-order chi connectivity index (χ1) is 7.43. The van der Waals surface area contributed by atoms with E-state index in [1.165, 1.54) is 0 Å². The van der Waals surface area contributed by atoms with E-state index in [9.17, 15) is 9.90 Å². The van der Waals surface area contributed by atoms with E-state index in [0.717, 1.165) is 38.6 Å². The average Bonchev–Trinajstić information content (AvgIpc) is 2.35. The van der Waals surface area contributed by atoms with E-state index in [-0.39, 0.29) is 5.91 Å². The van der Waals surface area contributed by atoms with Crippen LogP contribution in [0.3, 0.4) is 0 Å². The summed E-state index contributed by atoms with van der Waals surface area (Å²) in [4.78, 5) is 14.0. The van der Waals surface area contributed by atoms with E-state index in [0.29, 0.717) is 13.0 Å². The first kappa shape index (κ1) is 11.9. The third-order valence-corrected chi connectivity index (χ3v) is 4.02. The molecule has 1 aliphatic carbocycles. The fraction of sp³-hybridized carbons (Fsp3) is 0.917. The zero-order valence-corrected chi connectivity index (χ0v) is 10.0. The van der Waals surface area contributed by atoms with Gasteiger partial charge in [0.25, 0.3) is 0 Å². The highest BCUT2D eigenvalue weighted by Gasteiger charge is 2.43. The van der Waals surface area contributed by atoms with Crippen molar-refractivity contribution >= 4 is 5.91 Å². The van der Waals surface area contributed by atoms with Gasteiger partial charge in [-0.2, -0.15) is 0 Å². The van der Waals surface area contributed by atoms with Gasteiger partial charge in [-0.15, -0.1) is 0 Å². The Labute approximate surface area is 96.8 Å². The van der Waals surface area contributed by atoms with Crippen molar-refractivity contribution in [3.8, 4) is 0 Å². The highest BCUT2D eigenvalue weighted by molar-refractivity contribution is 5.87. The Kier molecular flexibility index (Phi) is 2.97. The summed E-state index contributed by atoms with van der Waals surface area (Å²) < 4.78 is 0. The number of likely N-dealkylation sites (tertiary alicyclic amines) is 1. The predicted octanol–water partition coefficient (Wildman–Crippen LogP) is 0.631. The van der Waals surface area contributed by atoms with Gasteiger partial charge >= 0.3 is 0 Å². The molecule has 1 saturated heterocycles. The number of aliphatic hydroxyl groups is 1. The molecule has 0 aromatic carbocycles. The standard InChI is InChI=1S/C12H22N2O2/c1-11(16)4-3-8-14(9-7-11)10(15)12(13)5-2-6-12/h16H,2-9,13H2,1H3. The van der Waals surface area contributed by atoms with Crippen molar-refractivity contribution in [2.45, 2.75) is 56.6 Å². The van der Waals surface area contributed by atoms with Gasteiger partial charge in [0.1, 0.15) is 0 Å². The Morgan fingerprint density at radius 3 is 2.44 bits per heavy atom. The van der Waals surface area contributed by atoms with Crippen LogP contribution in [0.2, 0.25) is 0 Å². The molecular weight excluding hydrogens is 204 g/mol. The minimum Gasteiger partial charge on any atom is -0.390 e. The minimum atomic E-state index is -0.615. The SMILES string of the molecule is CC1(O)CCCN(C(=O)C2(N)CCC2)CC1. The number of hydrogen-bond donors (Lipinski definition) is 2. The number of carbonyl (C=O) groups is 1. The summed E-state index contributed by atoms with van der Waals surface area (Å²) in [7, 11) is 0. The van der Waals surface area contributed by atoms with Gasteiger partial charge < -0.3 is 15.7 Å². The number of nitrogens with two attached hydrogens (primary N) is 1. The van der Waals surface area contributed by atoms with Gasteiger partial charge in [-0.05, 0) is 45.4 Å². The van der Waals surface area contributed by atoms with Crippen molar-refractivity contribution in [3.63, 3.8) is 0 Å². The highest BCUT2D eigenvalue weighted by atomic mass is 16.3. The lowest BCUT2D eigenvalue weighted by Crippen LogP contribution is -2.59. The molecule has 1 unspecified atom stereocenters. The van der Waals surface area contributed by atoms with Crippen LogP contribution in [-0.4, -0.2) is 40.1 Å². The van der Waals surface area contributed by atoms with E-state index in [4.69, 9.17) is 5.73 Å². The summed E-state index contributed by atoms with van der Waals surface area (Å²) in [5.41, 5.74) is 4.84. The van der Waals surface area contributed by atoms with Crippen LogP contribution < -0.4 is 5.73 Å². The molecule has 1 heterocycles. The molecule has 1 aliphatic heterocycles. The maximum absolute atomic E-state index is 12.2. The largest absolute Gasteiger partial charge is 0.390 e. The van der Waals surface area contributed by atoms with Crippen molar-refractivity contribution in [1.29, 1.82) is 0 Å². The molecule has 2 aliphatic rings. The van der Waals surface area contributed by atoms with Gasteiger partial charge in [0.15, 0.2) is 0 Å². The molecular formula is C12H22N2O2. The maximum Gasteiger partial charge on any atom is 0.242 e.